The quantitative estimate of drug-likeness (QED) is 0.422. The predicted octanol–water partition coefficient (Wildman–Crippen LogP) is -1.18. The van der Waals surface area contributed by atoms with Gasteiger partial charge in [0.25, 0.3) is 0 Å². The molecule has 7 nitrogen and oxygen atoms in total. The summed E-state index contributed by atoms with van der Waals surface area (Å²) in [5, 5.41) is 2.47. The van der Waals surface area contributed by atoms with Crippen molar-refractivity contribution in [3.63, 3.8) is 0 Å². The second kappa shape index (κ2) is 6.95. The molecule has 0 saturated heterocycles. The highest BCUT2D eigenvalue weighted by atomic mass is 16.5. The Morgan fingerprint density at radius 2 is 2.06 bits per heavy atom. The molecule has 1 fully saturated rings. The molecule has 3 amide bonds. The maximum absolute atomic E-state index is 11.8. The zero-order valence-electron chi connectivity index (χ0n) is 10.5. The number of hydrogen-bond acceptors (Lipinski definition) is 4. The van der Waals surface area contributed by atoms with E-state index in [-0.39, 0.29) is 37.6 Å². The van der Waals surface area contributed by atoms with Gasteiger partial charge in [0, 0.05) is 19.4 Å². The summed E-state index contributed by atoms with van der Waals surface area (Å²) in [7, 11) is 0. The number of nitrogens with two attached hydrogens (primary N) is 1. The minimum Gasteiger partial charge on any atom is -0.368 e. The van der Waals surface area contributed by atoms with E-state index in [1.54, 1.807) is 0 Å². The molecular weight excluding hydrogens is 238 g/mol. The maximum atomic E-state index is 11.8. The molecule has 1 aliphatic rings. The standard InChI is InChI=1S/C11H19N3O4/c1-8(15)13-7-18-5-4-14(6-10(12)16)11(17)9-2-3-9/h9H,2-7H2,1H3,(H2,12,16)(H,13,15). The van der Waals surface area contributed by atoms with Crippen LogP contribution in [0.4, 0.5) is 0 Å². The lowest BCUT2D eigenvalue weighted by molar-refractivity contribution is -0.137. The maximum Gasteiger partial charge on any atom is 0.237 e. The van der Waals surface area contributed by atoms with Gasteiger partial charge < -0.3 is 20.7 Å². The van der Waals surface area contributed by atoms with E-state index in [1.807, 2.05) is 0 Å². The molecule has 1 aliphatic carbocycles. The Morgan fingerprint density at radius 3 is 2.56 bits per heavy atom. The lowest BCUT2D eigenvalue weighted by Crippen LogP contribution is -2.41. The smallest absolute Gasteiger partial charge is 0.237 e. The first-order valence-corrected chi connectivity index (χ1v) is 5.90. The van der Waals surface area contributed by atoms with Crippen LogP contribution in [0.25, 0.3) is 0 Å². The number of primary amides is 1. The number of rotatable bonds is 8. The molecule has 0 aromatic heterocycles. The minimum atomic E-state index is -0.536. The first-order chi connectivity index (χ1) is 8.50. The Kier molecular flexibility index (Phi) is 5.57. The fourth-order valence-corrected chi connectivity index (χ4v) is 1.44. The van der Waals surface area contributed by atoms with Crippen molar-refractivity contribution in [2.75, 3.05) is 26.4 Å². The van der Waals surface area contributed by atoms with Gasteiger partial charge >= 0.3 is 0 Å². The highest BCUT2D eigenvalue weighted by Gasteiger charge is 2.33. The van der Waals surface area contributed by atoms with Crippen LogP contribution in [-0.2, 0) is 19.1 Å². The molecular formula is C11H19N3O4. The van der Waals surface area contributed by atoms with Gasteiger partial charge in [0.1, 0.15) is 6.73 Å². The molecule has 0 atom stereocenters. The highest BCUT2D eigenvalue weighted by molar-refractivity contribution is 5.86. The molecule has 0 spiro atoms. The van der Waals surface area contributed by atoms with Crippen molar-refractivity contribution in [2.45, 2.75) is 19.8 Å². The van der Waals surface area contributed by atoms with Crippen molar-refractivity contribution in [1.82, 2.24) is 10.2 Å². The van der Waals surface area contributed by atoms with Gasteiger partial charge in [-0.2, -0.15) is 0 Å². The molecule has 0 aliphatic heterocycles. The average molecular weight is 257 g/mol. The SMILES string of the molecule is CC(=O)NCOCCN(CC(N)=O)C(=O)C1CC1. The van der Waals surface area contributed by atoms with E-state index in [0.717, 1.165) is 12.8 Å². The number of hydrogen-bond donors (Lipinski definition) is 2. The number of amides is 3. The first-order valence-electron chi connectivity index (χ1n) is 5.90. The molecule has 7 heteroatoms. The summed E-state index contributed by atoms with van der Waals surface area (Å²) in [4.78, 5) is 34.7. The summed E-state index contributed by atoms with van der Waals surface area (Å²) >= 11 is 0. The summed E-state index contributed by atoms with van der Waals surface area (Å²) in [6, 6.07) is 0. The van der Waals surface area contributed by atoms with Crippen LogP contribution in [0.5, 0.6) is 0 Å². The lowest BCUT2D eigenvalue weighted by Gasteiger charge is -2.21. The molecule has 0 radical (unpaired) electrons. The van der Waals surface area contributed by atoms with Crippen LogP contribution in [0, 0.1) is 5.92 Å². The molecule has 0 unspecified atom stereocenters. The van der Waals surface area contributed by atoms with Crippen molar-refractivity contribution >= 4 is 17.7 Å². The second-order valence-corrected chi connectivity index (χ2v) is 4.29. The van der Waals surface area contributed by atoms with Crippen LogP contribution in [0.1, 0.15) is 19.8 Å². The van der Waals surface area contributed by atoms with E-state index >= 15 is 0 Å². The van der Waals surface area contributed by atoms with Crippen molar-refractivity contribution in [1.29, 1.82) is 0 Å². The van der Waals surface area contributed by atoms with E-state index in [2.05, 4.69) is 5.32 Å². The summed E-state index contributed by atoms with van der Waals surface area (Å²) in [6.45, 7) is 1.96. The largest absolute Gasteiger partial charge is 0.368 e. The number of nitrogens with one attached hydrogen (secondary N) is 1. The van der Waals surface area contributed by atoms with Crippen LogP contribution >= 0.6 is 0 Å². The normalized spacial score (nSPS) is 14.1. The molecule has 0 aromatic carbocycles. The molecule has 102 valence electrons. The average Bonchev–Trinajstić information content (AvgIpc) is 3.08. The Morgan fingerprint density at radius 1 is 1.39 bits per heavy atom. The molecule has 18 heavy (non-hydrogen) atoms. The second-order valence-electron chi connectivity index (χ2n) is 4.29. The highest BCUT2D eigenvalue weighted by Crippen LogP contribution is 2.30. The van der Waals surface area contributed by atoms with Gasteiger partial charge in [0.05, 0.1) is 13.2 Å². The minimum absolute atomic E-state index is 0.0414. The van der Waals surface area contributed by atoms with Gasteiger partial charge in [-0.05, 0) is 12.8 Å². The summed E-state index contributed by atoms with van der Waals surface area (Å²) in [5.41, 5.74) is 5.09. The van der Waals surface area contributed by atoms with Crippen molar-refractivity contribution in [3.8, 4) is 0 Å². The van der Waals surface area contributed by atoms with E-state index in [0.29, 0.717) is 6.54 Å². The van der Waals surface area contributed by atoms with Crippen LogP contribution < -0.4 is 11.1 Å². The van der Waals surface area contributed by atoms with Gasteiger partial charge in [0.15, 0.2) is 0 Å². The number of carbonyl (C=O) groups is 3. The number of nitrogens with zero attached hydrogens (tertiary/aromatic N) is 1. The van der Waals surface area contributed by atoms with Gasteiger partial charge in [0.2, 0.25) is 17.7 Å². The molecule has 0 heterocycles. The van der Waals surface area contributed by atoms with Crippen LogP contribution in [-0.4, -0.2) is 49.0 Å². The monoisotopic (exact) mass is 257 g/mol. The Hall–Kier alpha value is -1.63. The molecule has 0 aromatic rings. The summed E-state index contributed by atoms with van der Waals surface area (Å²) in [5.74, 6) is -0.722. The molecule has 1 saturated carbocycles. The number of ether oxygens (including phenoxy) is 1. The van der Waals surface area contributed by atoms with Crippen molar-refractivity contribution < 1.29 is 19.1 Å². The predicted molar refractivity (Wildman–Crippen MR) is 63.1 cm³/mol. The van der Waals surface area contributed by atoms with Gasteiger partial charge in [-0.3, -0.25) is 14.4 Å². The first kappa shape index (κ1) is 14.4. The van der Waals surface area contributed by atoms with Crippen molar-refractivity contribution in [3.05, 3.63) is 0 Å². The van der Waals surface area contributed by atoms with E-state index in [4.69, 9.17) is 10.5 Å². The van der Waals surface area contributed by atoms with E-state index < -0.39 is 5.91 Å². The van der Waals surface area contributed by atoms with Crippen LogP contribution in [0.15, 0.2) is 0 Å². The topological polar surface area (TPSA) is 102 Å². The summed E-state index contributed by atoms with van der Waals surface area (Å²) < 4.78 is 5.13. The van der Waals surface area contributed by atoms with E-state index in [1.165, 1.54) is 11.8 Å². The number of carbonyl (C=O) groups excluding carboxylic acids is 3. The van der Waals surface area contributed by atoms with E-state index in [9.17, 15) is 14.4 Å². The third kappa shape index (κ3) is 5.62. The zero-order chi connectivity index (χ0) is 13.5. The fraction of sp³-hybridized carbons (Fsp3) is 0.727. The Balaban J connectivity index is 2.25. The lowest BCUT2D eigenvalue weighted by atomic mass is 10.3. The third-order valence-electron chi connectivity index (χ3n) is 2.51. The Labute approximate surface area is 106 Å². The van der Waals surface area contributed by atoms with Crippen LogP contribution in [0.3, 0.4) is 0 Å². The third-order valence-corrected chi connectivity index (χ3v) is 2.51. The van der Waals surface area contributed by atoms with Crippen molar-refractivity contribution in [2.24, 2.45) is 11.7 Å². The Bertz CT molecular complexity index is 328. The zero-order valence-corrected chi connectivity index (χ0v) is 10.5. The fourth-order valence-electron chi connectivity index (χ4n) is 1.44. The summed E-state index contributed by atoms with van der Waals surface area (Å²) in [6.07, 6.45) is 1.75. The van der Waals surface area contributed by atoms with Crippen LogP contribution in [0.2, 0.25) is 0 Å². The van der Waals surface area contributed by atoms with Gasteiger partial charge in [-0.25, -0.2) is 0 Å². The van der Waals surface area contributed by atoms with Gasteiger partial charge in [-0.1, -0.05) is 0 Å². The van der Waals surface area contributed by atoms with Gasteiger partial charge in [-0.15, -0.1) is 0 Å². The molecule has 0 bridgehead atoms. The molecule has 3 N–H and O–H groups in total. The molecule has 1 rings (SSSR count).